The number of hydrogen-bond donors (Lipinski definition) is 5. The zero-order valence-corrected chi connectivity index (χ0v) is 33.2. The van der Waals surface area contributed by atoms with Crippen LogP contribution in [-0.2, 0) is 16.1 Å². The number of imide groups is 2. The van der Waals surface area contributed by atoms with Crippen molar-refractivity contribution in [3.63, 3.8) is 0 Å². The Morgan fingerprint density at radius 1 is 1.00 bits per heavy atom. The predicted octanol–water partition coefficient (Wildman–Crippen LogP) is 3.23. The second kappa shape index (κ2) is 16.2. The molecule has 310 valence electrons. The van der Waals surface area contributed by atoms with Crippen molar-refractivity contribution in [2.45, 2.75) is 70.6 Å². The van der Waals surface area contributed by atoms with Crippen LogP contribution in [0.4, 0.5) is 32.2 Å². The molecule has 18 heteroatoms. The average Bonchev–Trinajstić information content (AvgIpc) is 3.74. The smallest absolute Gasteiger partial charge is 0.321 e. The summed E-state index contributed by atoms with van der Waals surface area (Å²) in [6.07, 6.45) is 2.61. The molecule has 0 saturated carbocycles. The van der Waals surface area contributed by atoms with Crippen molar-refractivity contribution in [2.24, 2.45) is 0 Å². The first-order chi connectivity index (χ1) is 28.4. The van der Waals surface area contributed by atoms with Gasteiger partial charge in [-0.25, -0.2) is 14.2 Å². The number of halogens is 1. The number of piperidine rings is 1. The Morgan fingerprint density at radius 3 is 2.37 bits per heavy atom. The first-order valence-electron chi connectivity index (χ1n) is 20.1. The summed E-state index contributed by atoms with van der Waals surface area (Å²) in [5.41, 5.74) is 3.61. The second-order valence-electron chi connectivity index (χ2n) is 15.8. The van der Waals surface area contributed by atoms with Crippen LogP contribution < -0.4 is 26.2 Å². The lowest BCUT2D eigenvalue weighted by atomic mass is 10.0. The molecule has 2 atom stereocenters. The third kappa shape index (κ3) is 7.76. The highest BCUT2D eigenvalue weighted by Gasteiger charge is 2.45. The molecule has 4 aromatic rings. The Hall–Kier alpha value is -6.14. The van der Waals surface area contributed by atoms with Gasteiger partial charge in [-0.1, -0.05) is 32.9 Å². The number of aromatic nitrogens is 3. The van der Waals surface area contributed by atoms with E-state index in [-0.39, 0.29) is 60.3 Å². The molecule has 0 bridgehead atoms. The van der Waals surface area contributed by atoms with E-state index in [1.54, 1.807) is 9.42 Å². The van der Waals surface area contributed by atoms with E-state index in [0.29, 0.717) is 57.3 Å². The molecule has 4 aliphatic heterocycles. The summed E-state index contributed by atoms with van der Waals surface area (Å²) in [4.78, 5) is 75.0. The lowest BCUT2D eigenvalue weighted by Gasteiger charge is -2.48. The molecule has 3 saturated heterocycles. The number of nitrogens with zero attached hydrogens (tertiary/aromatic N) is 7. The van der Waals surface area contributed by atoms with Crippen molar-refractivity contribution in [2.75, 3.05) is 66.7 Å². The minimum atomic E-state index is -1.12. The topological polar surface area (TPSA) is 197 Å². The zero-order valence-electron chi connectivity index (χ0n) is 33.2. The highest BCUT2D eigenvalue weighted by atomic mass is 19.1. The summed E-state index contributed by atoms with van der Waals surface area (Å²) in [6.45, 7) is 9.99. The zero-order chi connectivity index (χ0) is 41.5. The Balaban J connectivity index is 0.818. The number of fused-ring (bicyclic) bond motifs is 2. The molecule has 2 aromatic carbocycles. The standard InChI is InChI=1S/C41H48FN11O6/c1-4-25(22-54)45-34-17-35(53-37(47-34)30(19-44-53)23(2)3)43-18-24-5-7-26(8-6-24)46-41(59)51-20-27(21-51)49-11-13-50(14-12-49)33-16-29-28(15-31(33)42)39(57)52(40(29)58)32-9-10-36(55)48-38(32)56/h5-8,15-17,19,23,25,27,32,43,54H,4,9-14,18,20-22H2,1-3H3,(H,45,47)(H,46,59)(H,48,55,56)/t25-,32?/m0/s1. The van der Waals surface area contributed by atoms with E-state index in [4.69, 9.17) is 4.98 Å². The lowest BCUT2D eigenvalue weighted by Crippen LogP contribution is -2.64. The van der Waals surface area contributed by atoms with Gasteiger partial charge in [-0.3, -0.25) is 34.3 Å². The minimum Gasteiger partial charge on any atom is -0.394 e. The van der Waals surface area contributed by atoms with E-state index in [1.165, 1.54) is 6.07 Å². The monoisotopic (exact) mass is 809 g/mol. The number of anilines is 4. The fourth-order valence-corrected chi connectivity index (χ4v) is 8.08. The van der Waals surface area contributed by atoms with Crippen LogP contribution >= 0.6 is 0 Å². The molecule has 5 N–H and O–H groups in total. The van der Waals surface area contributed by atoms with Gasteiger partial charge in [0.15, 0.2) is 5.65 Å². The number of amides is 6. The van der Waals surface area contributed by atoms with Crippen molar-refractivity contribution in [3.05, 3.63) is 76.7 Å². The maximum atomic E-state index is 15.4. The molecule has 8 rings (SSSR count). The van der Waals surface area contributed by atoms with Gasteiger partial charge in [-0.15, -0.1) is 0 Å². The minimum absolute atomic E-state index is 0.00161. The van der Waals surface area contributed by atoms with Crippen molar-refractivity contribution in [1.29, 1.82) is 0 Å². The van der Waals surface area contributed by atoms with Gasteiger partial charge in [0, 0.05) is 75.6 Å². The van der Waals surface area contributed by atoms with Crippen LogP contribution in [0, 0.1) is 5.82 Å². The highest BCUT2D eigenvalue weighted by molar-refractivity contribution is 6.23. The molecule has 4 aliphatic rings. The summed E-state index contributed by atoms with van der Waals surface area (Å²) < 4.78 is 17.2. The molecular weight excluding hydrogens is 762 g/mol. The second-order valence-corrected chi connectivity index (χ2v) is 15.8. The van der Waals surface area contributed by atoms with Crippen LogP contribution in [-0.4, -0.2) is 128 Å². The number of aliphatic hydroxyl groups excluding tert-OH is 1. The van der Waals surface area contributed by atoms with Gasteiger partial charge in [-0.05, 0) is 48.6 Å². The SMILES string of the molecule is CC[C@@H](CO)Nc1cc(NCc2ccc(NC(=O)N3CC(N4CCN(c5cc6c(cc5F)C(=O)N(C5CCC(=O)NC5=O)C6=O)CC4)C3)cc2)n2ncc(C(C)C)c2n1. The fraction of sp³-hybridized carbons (Fsp3) is 0.439. The first kappa shape index (κ1) is 39.7. The summed E-state index contributed by atoms with van der Waals surface area (Å²) in [7, 11) is 0. The first-order valence-corrected chi connectivity index (χ1v) is 20.1. The van der Waals surface area contributed by atoms with E-state index in [1.807, 2.05) is 48.4 Å². The van der Waals surface area contributed by atoms with Gasteiger partial charge in [0.1, 0.15) is 23.5 Å². The number of likely N-dealkylation sites (tertiary alicyclic amines) is 1. The summed E-state index contributed by atoms with van der Waals surface area (Å²) in [6, 6.07) is 10.7. The molecule has 1 unspecified atom stereocenters. The summed E-state index contributed by atoms with van der Waals surface area (Å²) in [5.74, 6) is -1.59. The molecule has 17 nitrogen and oxygen atoms in total. The molecule has 0 aliphatic carbocycles. The van der Waals surface area contributed by atoms with Gasteiger partial charge in [0.05, 0.1) is 35.7 Å². The Labute approximate surface area is 339 Å². The largest absolute Gasteiger partial charge is 0.394 e. The van der Waals surface area contributed by atoms with E-state index in [0.717, 1.165) is 40.0 Å². The summed E-state index contributed by atoms with van der Waals surface area (Å²) >= 11 is 0. The normalized spacial score (nSPS) is 19.3. The Kier molecular flexibility index (Phi) is 10.9. The molecule has 2 aromatic heterocycles. The molecule has 6 amide bonds. The third-order valence-corrected chi connectivity index (χ3v) is 11.7. The van der Waals surface area contributed by atoms with Crippen LogP contribution in [0.15, 0.2) is 48.7 Å². The Morgan fingerprint density at radius 2 is 1.71 bits per heavy atom. The van der Waals surface area contributed by atoms with Crippen molar-refractivity contribution < 1.29 is 33.5 Å². The number of rotatable bonds is 12. The highest BCUT2D eigenvalue weighted by Crippen LogP contribution is 2.34. The number of urea groups is 1. The van der Waals surface area contributed by atoms with E-state index in [2.05, 4.69) is 45.1 Å². The van der Waals surface area contributed by atoms with E-state index >= 15 is 4.39 Å². The third-order valence-electron chi connectivity index (χ3n) is 11.7. The van der Waals surface area contributed by atoms with Crippen molar-refractivity contribution >= 4 is 58.3 Å². The molecule has 59 heavy (non-hydrogen) atoms. The molecule has 3 fully saturated rings. The number of hydrogen-bond acceptors (Lipinski definition) is 12. The van der Waals surface area contributed by atoms with Gasteiger partial charge in [0.25, 0.3) is 11.8 Å². The Bertz CT molecular complexity index is 2300. The van der Waals surface area contributed by atoms with Gasteiger partial charge < -0.3 is 30.9 Å². The molecular formula is C41H48FN11O6. The predicted molar refractivity (Wildman–Crippen MR) is 217 cm³/mol. The number of nitrogens with one attached hydrogen (secondary N) is 4. The fourth-order valence-electron chi connectivity index (χ4n) is 8.08. The van der Waals surface area contributed by atoms with Gasteiger partial charge in [-0.2, -0.15) is 9.61 Å². The molecule has 6 heterocycles. The van der Waals surface area contributed by atoms with Crippen molar-refractivity contribution in [1.82, 2.24) is 34.6 Å². The van der Waals surface area contributed by atoms with Crippen LogP contribution in [0.2, 0.25) is 0 Å². The van der Waals surface area contributed by atoms with Crippen molar-refractivity contribution in [3.8, 4) is 0 Å². The number of benzene rings is 2. The lowest BCUT2D eigenvalue weighted by molar-refractivity contribution is -0.136. The van der Waals surface area contributed by atoms with Gasteiger partial charge >= 0.3 is 6.03 Å². The molecule has 0 radical (unpaired) electrons. The summed E-state index contributed by atoms with van der Waals surface area (Å²) in [5, 5.41) is 26.3. The van der Waals surface area contributed by atoms with Crippen LogP contribution in [0.5, 0.6) is 0 Å². The number of carbonyl (C=O) groups excluding carboxylic acids is 5. The maximum Gasteiger partial charge on any atom is 0.321 e. The molecule has 0 spiro atoms. The average molecular weight is 810 g/mol. The number of carbonyl (C=O) groups is 5. The number of aliphatic hydroxyl groups is 1. The van der Waals surface area contributed by atoms with E-state index < -0.39 is 35.5 Å². The van der Waals surface area contributed by atoms with Crippen LogP contribution in [0.3, 0.4) is 0 Å². The van der Waals surface area contributed by atoms with Crippen LogP contribution in [0.1, 0.15) is 77.8 Å². The van der Waals surface area contributed by atoms with E-state index in [9.17, 15) is 29.1 Å². The van der Waals surface area contributed by atoms with Gasteiger partial charge in [0.2, 0.25) is 11.8 Å². The quantitative estimate of drug-likeness (QED) is 0.131. The number of piperazine rings is 1. The maximum absolute atomic E-state index is 15.4. The van der Waals surface area contributed by atoms with Crippen LogP contribution in [0.25, 0.3) is 5.65 Å².